The topological polar surface area (TPSA) is 3.24 Å². The second-order valence-corrected chi connectivity index (χ2v) is 5.71. The quantitative estimate of drug-likeness (QED) is 0.370. The van der Waals surface area contributed by atoms with Crippen LogP contribution in [0.2, 0.25) is 0 Å². The Morgan fingerprint density at radius 2 is 1.24 bits per heavy atom. The van der Waals surface area contributed by atoms with Crippen molar-refractivity contribution in [2.24, 2.45) is 0 Å². The molecule has 102 valence electrons. The molecule has 17 heavy (non-hydrogen) atoms. The Hall–Kier alpha value is -0.110. The standard InChI is InChI=1S/C15H31NS/c1-4-5-6-7-8-9-10-11-12-13-14-16(3)15(2)17/h4-14H2,1-3H3. The summed E-state index contributed by atoms with van der Waals surface area (Å²) < 4.78 is 0. The number of rotatable bonds is 11. The van der Waals surface area contributed by atoms with Crippen LogP contribution in [0.25, 0.3) is 0 Å². The van der Waals surface area contributed by atoms with Crippen LogP contribution >= 0.6 is 12.2 Å². The number of hydrogen-bond acceptors (Lipinski definition) is 1. The van der Waals surface area contributed by atoms with Crippen molar-refractivity contribution in [1.82, 2.24) is 4.90 Å². The molecule has 0 N–H and O–H groups in total. The molecule has 2 heteroatoms. The summed E-state index contributed by atoms with van der Waals surface area (Å²) in [4.78, 5) is 3.20. The van der Waals surface area contributed by atoms with E-state index in [-0.39, 0.29) is 0 Å². The zero-order valence-electron chi connectivity index (χ0n) is 12.1. The van der Waals surface area contributed by atoms with Gasteiger partial charge in [-0.3, -0.25) is 0 Å². The Bertz CT molecular complexity index is 180. The van der Waals surface area contributed by atoms with Gasteiger partial charge < -0.3 is 4.90 Å². The van der Waals surface area contributed by atoms with Crippen LogP contribution in [0.3, 0.4) is 0 Å². The second kappa shape index (κ2) is 12.3. The van der Waals surface area contributed by atoms with Crippen LogP contribution in [0.15, 0.2) is 0 Å². The van der Waals surface area contributed by atoms with Gasteiger partial charge in [-0.25, -0.2) is 0 Å². The first-order valence-corrected chi connectivity index (χ1v) is 7.81. The first kappa shape index (κ1) is 16.9. The van der Waals surface area contributed by atoms with Crippen LogP contribution in [0.5, 0.6) is 0 Å². The summed E-state index contributed by atoms with van der Waals surface area (Å²) in [5.41, 5.74) is 0. The van der Waals surface area contributed by atoms with Gasteiger partial charge in [0.1, 0.15) is 0 Å². The Kier molecular flexibility index (Phi) is 12.3. The summed E-state index contributed by atoms with van der Waals surface area (Å²) in [5, 5.41) is 0. The molecule has 0 aromatic heterocycles. The largest absolute Gasteiger partial charge is 0.369 e. The van der Waals surface area contributed by atoms with E-state index < -0.39 is 0 Å². The van der Waals surface area contributed by atoms with E-state index in [1.807, 2.05) is 6.92 Å². The highest BCUT2D eigenvalue weighted by Crippen LogP contribution is 2.10. The minimum Gasteiger partial charge on any atom is -0.369 e. The average molecular weight is 257 g/mol. The third-order valence-corrected chi connectivity index (χ3v) is 3.70. The second-order valence-electron chi connectivity index (χ2n) is 5.12. The number of nitrogens with zero attached hydrogens (tertiary/aromatic N) is 1. The van der Waals surface area contributed by atoms with E-state index in [2.05, 4.69) is 18.9 Å². The van der Waals surface area contributed by atoms with Gasteiger partial charge in [0, 0.05) is 13.6 Å². The Morgan fingerprint density at radius 3 is 1.65 bits per heavy atom. The smallest absolute Gasteiger partial charge is 0.0745 e. The van der Waals surface area contributed by atoms with Crippen LogP contribution in [0, 0.1) is 0 Å². The van der Waals surface area contributed by atoms with E-state index in [1.54, 1.807) is 0 Å². The molecule has 0 aliphatic heterocycles. The number of hydrogen-bond donors (Lipinski definition) is 0. The summed E-state index contributed by atoms with van der Waals surface area (Å²) in [6.45, 7) is 5.41. The van der Waals surface area contributed by atoms with Crippen molar-refractivity contribution in [2.45, 2.75) is 78.1 Å². The number of unbranched alkanes of at least 4 members (excludes halogenated alkanes) is 9. The fraction of sp³-hybridized carbons (Fsp3) is 0.933. The normalized spacial score (nSPS) is 10.5. The zero-order valence-corrected chi connectivity index (χ0v) is 13.0. The highest BCUT2D eigenvalue weighted by molar-refractivity contribution is 7.80. The van der Waals surface area contributed by atoms with Gasteiger partial charge >= 0.3 is 0 Å². The van der Waals surface area contributed by atoms with Gasteiger partial charge in [-0.05, 0) is 13.3 Å². The molecular formula is C15H31NS. The van der Waals surface area contributed by atoms with Gasteiger partial charge in [0.2, 0.25) is 0 Å². The van der Waals surface area contributed by atoms with Crippen LogP contribution in [-0.4, -0.2) is 23.5 Å². The maximum atomic E-state index is 5.11. The lowest BCUT2D eigenvalue weighted by Gasteiger charge is -2.16. The number of thiocarbonyl (C=S) groups is 1. The molecule has 0 aliphatic carbocycles. The molecule has 0 unspecified atom stereocenters. The molecule has 0 rings (SSSR count). The van der Waals surface area contributed by atoms with Crippen molar-refractivity contribution in [3.63, 3.8) is 0 Å². The van der Waals surface area contributed by atoms with E-state index in [4.69, 9.17) is 12.2 Å². The van der Waals surface area contributed by atoms with E-state index in [0.29, 0.717) is 0 Å². The first-order valence-electron chi connectivity index (χ1n) is 7.40. The summed E-state index contributed by atoms with van der Waals surface area (Å²) >= 11 is 5.11. The first-order chi connectivity index (χ1) is 8.18. The molecule has 0 spiro atoms. The maximum Gasteiger partial charge on any atom is 0.0745 e. The molecule has 1 nitrogen and oxygen atoms in total. The third-order valence-electron chi connectivity index (χ3n) is 3.38. The SMILES string of the molecule is CCCCCCCCCCCCN(C)C(C)=S. The predicted octanol–water partition coefficient (Wildman–Crippen LogP) is 5.19. The molecule has 0 saturated carbocycles. The van der Waals surface area contributed by atoms with E-state index in [9.17, 15) is 0 Å². The van der Waals surface area contributed by atoms with Gasteiger partial charge in [0.15, 0.2) is 0 Å². The van der Waals surface area contributed by atoms with Gasteiger partial charge in [0.25, 0.3) is 0 Å². The molecule has 0 aliphatic rings. The highest BCUT2D eigenvalue weighted by Gasteiger charge is 1.97. The summed E-state index contributed by atoms with van der Waals surface area (Å²) in [5.74, 6) is 0. The van der Waals surface area contributed by atoms with Crippen molar-refractivity contribution < 1.29 is 0 Å². The zero-order chi connectivity index (χ0) is 12.9. The lowest BCUT2D eigenvalue weighted by molar-refractivity contribution is 0.468. The fourth-order valence-corrected chi connectivity index (χ4v) is 2.09. The van der Waals surface area contributed by atoms with Gasteiger partial charge in [-0.15, -0.1) is 0 Å². The Balaban J connectivity index is 3.06. The van der Waals surface area contributed by atoms with Crippen molar-refractivity contribution in [3.05, 3.63) is 0 Å². The van der Waals surface area contributed by atoms with Crippen molar-refractivity contribution in [3.8, 4) is 0 Å². The highest BCUT2D eigenvalue weighted by atomic mass is 32.1. The van der Waals surface area contributed by atoms with Crippen LogP contribution in [-0.2, 0) is 0 Å². The molecular weight excluding hydrogens is 226 g/mol. The van der Waals surface area contributed by atoms with Gasteiger partial charge in [0.05, 0.1) is 4.99 Å². The molecule has 0 aromatic carbocycles. The minimum atomic E-state index is 1.01. The van der Waals surface area contributed by atoms with Crippen LogP contribution in [0.1, 0.15) is 78.1 Å². The van der Waals surface area contributed by atoms with Crippen molar-refractivity contribution >= 4 is 17.2 Å². The molecule has 0 heterocycles. The van der Waals surface area contributed by atoms with E-state index in [0.717, 1.165) is 11.5 Å². The average Bonchev–Trinajstić information content (AvgIpc) is 2.31. The summed E-state index contributed by atoms with van der Waals surface area (Å²) in [7, 11) is 2.09. The third kappa shape index (κ3) is 12.1. The monoisotopic (exact) mass is 257 g/mol. The Labute approximate surface area is 114 Å². The van der Waals surface area contributed by atoms with Crippen molar-refractivity contribution in [1.29, 1.82) is 0 Å². The van der Waals surface area contributed by atoms with Crippen LogP contribution in [0.4, 0.5) is 0 Å². The molecule has 0 atom stereocenters. The maximum absolute atomic E-state index is 5.11. The van der Waals surface area contributed by atoms with Gasteiger partial charge in [-0.2, -0.15) is 0 Å². The lowest BCUT2D eigenvalue weighted by Crippen LogP contribution is -2.23. The molecule has 0 amide bonds. The molecule has 0 bridgehead atoms. The molecule has 0 radical (unpaired) electrons. The Morgan fingerprint density at radius 1 is 0.824 bits per heavy atom. The molecule has 0 saturated heterocycles. The summed E-state index contributed by atoms with van der Waals surface area (Å²) in [6, 6.07) is 0. The van der Waals surface area contributed by atoms with Crippen LogP contribution < -0.4 is 0 Å². The van der Waals surface area contributed by atoms with E-state index in [1.165, 1.54) is 64.2 Å². The molecule has 0 fully saturated rings. The van der Waals surface area contributed by atoms with Crippen molar-refractivity contribution in [2.75, 3.05) is 13.6 Å². The predicted molar refractivity (Wildman–Crippen MR) is 82.7 cm³/mol. The lowest BCUT2D eigenvalue weighted by atomic mass is 10.1. The minimum absolute atomic E-state index is 1.01. The fourth-order valence-electron chi connectivity index (χ4n) is 1.99. The summed E-state index contributed by atoms with van der Waals surface area (Å²) in [6.07, 6.45) is 14.0. The van der Waals surface area contributed by atoms with Gasteiger partial charge in [-0.1, -0.05) is 76.9 Å². The van der Waals surface area contributed by atoms with E-state index >= 15 is 0 Å². The molecule has 0 aromatic rings.